The quantitative estimate of drug-likeness (QED) is 0.767. The molecule has 0 aliphatic rings. The second-order valence-corrected chi connectivity index (χ2v) is 5.93. The first-order chi connectivity index (χ1) is 11.9. The van der Waals surface area contributed by atoms with Gasteiger partial charge in [-0.3, -0.25) is 14.3 Å². The Morgan fingerprint density at radius 2 is 1.96 bits per heavy atom. The number of hydrogen-bond acceptors (Lipinski definition) is 4. The monoisotopic (exact) mass is 338 g/mol. The molecule has 0 saturated heterocycles. The maximum absolute atomic E-state index is 12.7. The Labute approximate surface area is 144 Å². The second kappa shape index (κ2) is 6.27. The summed E-state index contributed by atoms with van der Waals surface area (Å²) in [5, 5.41) is 17.9. The normalized spacial score (nSPS) is 10.7. The fourth-order valence-electron chi connectivity index (χ4n) is 2.61. The molecule has 1 aromatic heterocycles. The molecule has 2 amide bonds. The molecule has 3 rings (SSSR count). The molecule has 3 aromatic rings. The van der Waals surface area contributed by atoms with Crippen molar-refractivity contribution in [1.29, 1.82) is 0 Å². The van der Waals surface area contributed by atoms with E-state index in [0.717, 1.165) is 5.39 Å². The Kier molecular flexibility index (Phi) is 4.14. The number of phenolic OH excluding ortho intramolecular Hbond substituents is 1. The third-order valence-corrected chi connectivity index (χ3v) is 3.79. The number of carbonyl (C=O) groups is 2. The van der Waals surface area contributed by atoms with Crippen LogP contribution in [0.25, 0.3) is 10.8 Å². The van der Waals surface area contributed by atoms with Gasteiger partial charge in [0, 0.05) is 32.9 Å². The van der Waals surface area contributed by atoms with Crippen molar-refractivity contribution in [3.63, 3.8) is 0 Å². The van der Waals surface area contributed by atoms with E-state index in [-0.39, 0.29) is 23.3 Å². The third kappa shape index (κ3) is 3.16. The number of hydrogen-bond donors (Lipinski definition) is 2. The van der Waals surface area contributed by atoms with Gasteiger partial charge < -0.3 is 15.3 Å². The van der Waals surface area contributed by atoms with E-state index in [2.05, 4.69) is 10.4 Å². The number of carbonyl (C=O) groups excluding carboxylic acids is 2. The van der Waals surface area contributed by atoms with Gasteiger partial charge in [-0.25, -0.2) is 0 Å². The largest absolute Gasteiger partial charge is 0.508 e. The number of nitrogens with zero attached hydrogens (tertiary/aromatic N) is 3. The molecule has 0 saturated carbocycles. The van der Waals surface area contributed by atoms with Crippen LogP contribution >= 0.6 is 0 Å². The first kappa shape index (κ1) is 16.5. The lowest BCUT2D eigenvalue weighted by Gasteiger charge is -2.11. The van der Waals surface area contributed by atoms with E-state index in [1.807, 2.05) is 6.07 Å². The van der Waals surface area contributed by atoms with Crippen molar-refractivity contribution < 1.29 is 14.7 Å². The number of rotatable bonds is 3. The molecule has 0 unspecified atom stereocenters. The maximum atomic E-state index is 12.7. The summed E-state index contributed by atoms with van der Waals surface area (Å²) in [6, 6.07) is 10.1. The first-order valence-electron chi connectivity index (χ1n) is 7.65. The minimum Gasteiger partial charge on any atom is -0.508 e. The predicted molar refractivity (Wildman–Crippen MR) is 94.8 cm³/mol. The number of nitrogens with one attached hydrogen (secondary N) is 1. The third-order valence-electron chi connectivity index (χ3n) is 3.79. The van der Waals surface area contributed by atoms with Crippen molar-refractivity contribution in [1.82, 2.24) is 14.7 Å². The van der Waals surface area contributed by atoms with Gasteiger partial charge in [-0.1, -0.05) is 12.1 Å². The Bertz CT molecular complexity index is 976. The SMILES string of the molecule is CN(C)C(=O)c1nn(C)cc1NC(=O)c1cccc2cc(O)ccc12. The summed E-state index contributed by atoms with van der Waals surface area (Å²) in [5.74, 6) is -0.507. The van der Waals surface area contributed by atoms with Crippen LogP contribution in [0.2, 0.25) is 0 Å². The lowest BCUT2D eigenvalue weighted by molar-refractivity contribution is 0.0822. The molecule has 0 aliphatic carbocycles. The summed E-state index contributed by atoms with van der Waals surface area (Å²) in [4.78, 5) is 26.4. The molecule has 0 fully saturated rings. The number of anilines is 1. The van der Waals surface area contributed by atoms with Crippen molar-refractivity contribution in [2.24, 2.45) is 7.05 Å². The van der Waals surface area contributed by atoms with E-state index in [4.69, 9.17) is 0 Å². The zero-order chi connectivity index (χ0) is 18.1. The number of aromatic hydroxyl groups is 1. The second-order valence-electron chi connectivity index (χ2n) is 5.93. The minimum absolute atomic E-state index is 0.135. The molecule has 2 N–H and O–H groups in total. The predicted octanol–water partition coefficient (Wildman–Crippen LogP) is 2.23. The number of phenols is 1. The van der Waals surface area contributed by atoms with Gasteiger partial charge in [0.25, 0.3) is 11.8 Å². The highest BCUT2D eigenvalue weighted by Gasteiger charge is 2.20. The van der Waals surface area contributed by atoms with Crippen LogP contribution in [0.15, 0.2) is 42.6 Å². The molecular formula is C18H18N4O3. The number of benzene rings is 2. The molecule has 2 aromatic carbocycles. The molecule has 7 nitrogen and oxygen atoms in total. The average molecular weight is 338 g/mol. The van der Waals surface area contributed by atoms with Crippen molar-refractivity contribution >= 4 is 28.3 Å². The van der Waals surface area contributed by atoms with Crippen LogP contribution in [-0.2, 0) is 7.05 Å². The van der Waals surface area contributed by atoms with E-state index in [9.17, 15) is 14.7 Å². The summed E-state index contributed by atoms with van der Waals surface area (Å²) in [6.45, 7) is 0. The summed E-state index contributed by atoms with van der Waals surface area (Å²) in [7, 11) is 4.93. The van der Waals surface area contributed by atoms with Crippen LogP contribution in [0.3, 0.4) is 0 Å². The van der Waals surface area contributed by atoms with Crippen LogP contribution in [0.4, 0.5) is 5.69 Å². The Hall–Kier alpha value is -3.35. The Morgan fingerprint density at radius 1 is 1.20 bits per heavy atom. The van der Waals surface area contributed by atoms with E-state index in [1.165, 1.54) is 15.6 Å². The fraction of sp³-hybridized carbons (Fsp3) is 0.167. The number of amides is 2. The van der Waals surface area contributed by atoms with Crippen LogP contribution < -0.4 is 5.32 Å². The van der Waals surface area contributed by atoms with Crippen molar-refractivity contribution in [3.05, 3.63) is 53.9 Å². The minimum atomic E-state index is -0.350. The van der Waals surface area contributed by atoms with E-state index in [0.29, 0.717) is 16.6 Å². The first-order valence-corrected chi connectivity index (χ1v) is 7.65. The van der Waals surface area contributed by atoms with Gasteiger partial charge in [-0.2, -0.15) is 5.10 Å². The van der Waals surface area contributed by atoms with Crippen LogP contribution in [-0.4, -0.2) is 45.7 Å². The number of aryl methyl sites for hydroxylation is 1. The Morgan fingerprint density at radius 3 is 2.68 bits per heavy atom. The summed E-state index contributed by atoms with van der Waals surface area (Å²) in [5.41, 5.74) is 0.977. The molecule has 0 bridgehead atoms. The standard InChI is InChI=1S/C18H18N4O3/c1-21(2)18(25)16-15(10-22(3)20-16)19-17(24)14-6-4-5-11-9-12(23)7-8-13(11)14/h4-10,23H,1-3H3,(H,19,24). The molecule has 0 radical (unpaired) electrons. The lowest BCUT2D eigenvalue weighted by Crippen LogP contribution is -2.24. The van der Waals surface area contributed by atoms with Gasteiger partial charge in [-0.15, -0.1) is 0 Å². The van der Waals surface area contributed by atoms with Crippen LogP contribution in [0.5, 0.6) is 5.75 Å². The van der Waals surface area contributed by atoms with Gasteiger partial charge in [0.05, 0.1) is 5.69 Å². The van der Waals surface area contributed by atoms with Crippen LogP contribution in [0, 0.1) is 0 Å². The lowest BCUT2D eigenvalue weighted by atomic mass is 10.0. The van der Waals surface area contributed by atoms with Gasteiger partial charge in [0.1, 0.15) is 5.75 Å². The molecule has 1 heterocycles. The van der Waals surface area contributed by atoms with Gasteiger partial charge in [0.2, 0.25) is 0 Å². The van der Waals surface area contributed by atoms with Gasteiger partial charge in [-0.05, 0) is 35.0 Å². The molecule has 0 atom stereocenters. The van der Waals surface area contributed by atoms with Crippen LogP contribution in [0.1, 0.15) is 20.8 Å². The summed E-state index contributed by atoms with van der Waals surface area (Å²) in [6.07, 6.45) is 1.59. The zero-order valence-corrected chi connectivity index (χ0v) is 14.1. The molecular weight excluding hydrogens is 320 g/mol. The highest BCUT2D eigenvalue weighted by atomic mass is 16.3. The fourth-order valence-corrected chi connectivity index (χ4v) is 2.61. The van der Waals surface area contributed by atoms with E-state index < -0.39 is 0 Å². The van der Waals surface area contributed by atoms with E-state index >= 15 is 0 Å². The van der Waals surface area contributed by atoms with Crippen molar-refractivity contribution in [3.8, 4) is 5.75 Å². The van der Waals surface area contributed by atoms with Gasteiger partial charge in [0.15, 0.2) is 5.69 Å². The summed E-state index contributed by atoms with van der Waals surface area (Å²) < 4.78 is 1.48. The van der Waals surface area contributed by atoms with Crippen molar-refractivity contribution in [2.75, 3.05) is 19.4 Å². The molecule has 128 valence electrons. The van der Waals surface area contributed by atoms with Gasteiger partial charge >= 0.3 is 0 Å². The highest BCUT2D eigenvalue weighted by molar-refractivity contribution is 6.14. The number of fused-ring (bicyclic) bond motifs is 1. The summed E-state index contributed by atoms with van der Waals surface area (Å²) >= 11 is 0. The average Bonchev–Trinajstić information content (AvgIpc) is 2.93. The molecule has 0 aliphatic heterocycles. The number of aromatic nitrogens is 2. The highest BCUT2D eigenvalue weighted by Crippen LogP contribution is 2.24. The Balaban J connectivity index is 1.98. The van der Waals surface area contributed by atoms with E-state index in [1.54, 1.807) is 51.6 Å². The molecule has 7 heteroatoms. The zero-order valence-electron chi connectivity index (χ0n) is 14.1. The molecule has 0 spiro atoms. The maximum Gasteiger partial charge on any atom is 0.276 e. The topological polar surface area (TPSA) is 87.5 Å². The van der Waals surface area contributed by atoms with Crippen molar-refractivity contribution in [2.45, 2.75) is 0 Å². The smallest absolute Gasteiger partial charge is 0.276 e. The molecule has 25 heavy (non-hydrogen) atoms.